The lowest BCUT2D eigenvalue weighted by molar-refractivity contribution is -0.153. The van der Waals surface area contributed by atoms with E-state index in [1.165, 1.54) is 9.80 Å². The molecule has 0 spiro atoms. The number of hydrogen-bond acceptors (Lipinski definition) is 6. The third-order valence-corrected chi connectivity index (χ3v) is 3.06. The van der Waals surface area contributed by atoms with Crippen LogP contribution in [0.1, 0.15) is 20.8 Å². The standard InChI is InChI=1S/C14H23N3O6/c1-14(2,3)23-13(21)17-7-5-16(6-8-17)10(18)9-15-11(19)12(20)22-4/h5-9H2,1-4H3,(H,15,19). The second-order valence-corrected chi connectivity index (χ2v) is 6.02. The highest BCUT2D eigenvalue weighted by atomic mass is 16.6. The van der Waals surface area contributed by atoms with Crippen molar-refractivity contribution in [2.45, 2.75) is 26.4 Å². The third kappa shape index (κ3) is 6.13. The molecular formula is C14H23N3O6. The number of amides is 3. The van der Waals surface area contributed by atoms with E-state index in [0.717, 1.165) is 7.11 Å². The van der Waals surface area contributed by atoms with Crippen molar-refractivity contribution in [3.8, 4) is 0 Å². The van der Waals surface area contributed by atoms with Gasteiger partial charge in [0.1, 0.15) is 5.60 Å². The Labute approximate surface area is 134 Å². The van der Waals surface area contributed by atoms with Gasteiger partial charge in [0, 0.05) is 26.2 Å². The molecule has 1 rings (SSSR count). The third-order valence-electron chi connectivity index (χ3n) is 3.06. The Kier molecular flexibility index (Phi) is 6.35. The summed E-state index contributed by atoms with van der Waals surface area (Å²) in [5.41, 5.74) is -0.567. The minimum atomic E-state index is -1.05. The Hall–Kier alpha value is -2.32. The normalized spacial score (nSPS) is 15.0. The molecule has 0 atom stereocenters. The Morgan fingerprint density at radius 1 is 1.00 bits per heavy atom. The highest BCUT2D eigenvalue weighted by Crippen LogP contribution is 2.11. The number of nitrogens with zero attached hydrogens (tertiary/aromatic N) is 2. The van der Waals surface area contributed by atoms with Gasteiger partial charge in [0.05, 0.1) is 13.7 Å². The summed E-state index contributed by atoms with van der Waals surface area (Å²) in [5.74, 6) is -2.34. The molecule has 23 heavy (non-hydrogen) atoms. The topological polar surface area (TPSA) is 105 Å². The van der Waals surface area contributed by atoms with Gasteiger partial charge in [0.2, 0.25) is 5.91 Å². The molecule has 0 aromatic rings. The second kappa shape index (κ2) is 7.80. The number of ether oxygens (including phenoxy) is 2. The van der Waals surface area contributed by atoms with Gasteiger partial charge in [-0.3, -0.25) is 9.59 Å². The predicted molar refractivity (Wildman–Crippen MR) is 79.4 cm³/mol. The summed E-state index contributed by atoms with van der Waals surface area (Å²) in [7, 11) is 1.08. The summed E-state index contributed by atoms with van der Waals surface area (Å²) in [4.78, 5) is 49.0. The molecule has 0 bridgehead atoms. The monoisotopic (exact) mass is 329 g/mol. The molecule has 0 radical (unpaired) electrons. The first-order chi connectivity index (χ1) is 10.6. The van der Waals surface area contributed by atoms with E-state index in [1.54, 1.807) is 20.8 Å². The highest BCUT2D eigenvalue weighted by Gasteiger charge is 2.28. The molecule has 1 aliphatic rings. The number of esters is 1. The van der Waals surface area contributed by atoms with Gasteiger partial charge < -0.3 is 24.6 Å². The van der Waals surface area contributed by atoms with Crippen molar-refractivity contribution in [2.24, 2.45) is 0 Å². The largest absolute Gasteiger partial charge is 0.462 e. The van der Waals surface area contributed by atoms with Gasteiger partial charge in [0.25, 0.3) is 0 Å². The zero-order chi connectivity index (χ0) is 17.6. The summed E-state index contributed by atoms with van der Waals surface area (Å²) in [5, 5.41) is 2.19. The molecule has 1 heterocycles. The van der Waals surface area contributed by atoms with Gasteiger partial charge >= 0.3 is 18.0 Å². The predicted octanol–water partition coefficient (Wildman–Crippen LogP) is -0.645. The molecule has 3 amide bonds. The minimum Gasteiger partial charge on any atom is -0.462 e. The number of rotatable bonds is 2. The Morgan fingerprint density at radius 2 is 1.52 bits per heavy atom. The van der Waals surface area contributed by atoms with Crippen LogP contribution in [-0.2, 0) is 23.9 Å². The van der Waals surface area contributed by atoms with Crippen LogP contribution in [0.3, 0.4) is 0 Å². The van der Waals surface area contributed by atoms with Crippen LogP contribution >= 0.6 is 0 Å². The molecule has 0 aromatic carbocycles. The van der Waals surface area contributed by atoms with Gasteiger partial charge in [-0.2, -0.15) is 0 Å². The molecular weight excluding hydrogens is 306 g/mol. The molecule has 0 aliphatic carbocycles. The molecule has 1 aliphatic heterocycles. The molecule has 9 nitrogen and oxygen atoms in total. The van der Waals surface area contributed by atoms with Crippen molar-refractivity contribution >= 4 is 23.9 Å². The van der Waals surface area contributed by atoms with Crippen molar-refractivity contribution in [1.82, 2.24) is 15.1 Å². The van der Waals surface area contributed by atoms with E-state index < -0.39 is 23.6 Å². The number of piperazine rings is 1. The maximum absolute atomic E-state index is 11.9. The van der Waals surface area contributed by atoms with Crippen molar-refractivity contribution in [3.63, 3.8) is 0 Å². The molecule has 1 saturated heterocycles. The van der Waals surface area contributed by atoms with Crippen molar-refractivity contribution < 1.29 is 28.7 Å². The maximum Gasteiger partial charge on any atom is 0.410 e. The molecule has 130 valence electrons. The van der Waals surface area contributed by atoms with Crippen LogP contribution in [-0.4, -0.2) is 79.1 Å². The average molecular weight is 329 g/mol. The van der Waals surface area contributed by atoms with E-state index in [2.05, 4.69) is 10.1 Å². The Bertz CT molecular complexity index is 477. The fraction of sp³-hybridized carbons (Fsp3) is 0.714. The van der Waals surface area contributed by atoms with Crippen LogP contribution in [0.2, 0.25) is 0 Å². The molecule has 9 heteroatoms. The van der Waals surface area contributed by atoms with Gasteiger partial charge in [-0.1, -0.05) is 0 Å². The zero-order valence-corrected chi connectivity index (χ0v) is 13.9. The smallest absolute Gasteiger partial charge is 0.410 e. The van der Waals surface area contributed by atoms with Gasteiger partial charge in [0.15, 0.2) is 0 Å². The number of nitrogens with one attached hydrogen (secondary N) is 1. The Morgan fingerprint density at radius 3 is 2.00 bits per heavy atom. The molecule has 0 saturated carbocycles. The van der Waals surface area contributed by atoms with Crippen molar-refractivity contribution in [3.05, 3.63) is 0 Å². The fourth-order valence-electron chi connectivity index (χ4n) is 1.90. The summed E-state index contributed by atoms with van der Waals surface area (Å²) < 4.78 is 9.50. The quantitative estimate of drug-likeness (QED) is 0.533. The lowest BCUT2D eigenvalue weighted by Gasteiger charge is -2.35. The van der Waals surface area contributed by atoms with Crippen LogP contribution in [0.15, 0.2) is 0 Å². The number of carbonyl (C=O) groups is 4. The SMILES string of the molecule is COC(=O)C(=O)NCC(=O)N1CCN(C(=O)OC(C)(C)C)CC1. The van der Waals surface area contributed by atoms with Crippen LogP contribution in [0.25, 0.3) is 0 Å². The minimum absolute atomic E-state index is 0.291. The van der Waals surface area contributed by atoms with Crippen molar-refractivity contribution in [1.29, 1.82) is 0 Å². The van der Waals surface area contributed by atoms with E-state index in [4.69, 9.17) is 4.74 Å². The summed E-state index contributed by atoms with van der Waals surface area (Å²) in [6.07, 6.45) is -0.413. The van der Waals surface area contributed by atoms with Crippen molar-refractivity contribution in [2.75, 3.05) is 39.8 Å². The summed E-state index contributed by atoms with van der Waals surface area (Å²) >= 11 is 0. The maximum atomic E-state index is 11.9. The first-order valence-corrected chi connectivity index (χ1v) is 7.26. The van der Waals surface area contributed by atoms with Crippen LogP contribution in [0, 0.1) is 0 Å². The van der Waals surface area contributed by atoms with E-state index in [1.807, 2.05) is 0 Å². The average Bonchev–Trinajstić information content (AvgIpc) is 2.49. The van der Waals surface area contributed by atoms with E-state index >= 15 is 0 Å². The molecule has 0 unspecified atom stereocenters. The lowest BCUT2D eigenvalue weighted by atomic mass is 10.2. The summed E-state index contributed by atoms with van der Waals surface area (Å²) in [6, 6.07) is 0. The van der Waals surface area contributed by atoms with Crippen LogP contribution < -0.4 is 5.32 Å². The number of hydrogen-bond donors (Lipinski definition) is 1. The van der Waals surface area contributed by atoms with E-state index in [9.17, 15) is 19.2 Å². The first kappa shape index (κ1) is 18.7. The first-order valence-electron chi connectivity index (χ1n) is 7.26. The van der Waals surface area contributed by atoms with Gasteiger partial charge in [-0.25, -0.2) is 9.59 Å². The van der Waals surface area contributed by atoms with Crippen LogP contribution in [0.5, 0.6) is 0 Å². The highest BCUT2D eigenvalue weighted by molar-refractivity contribution is 6.32. The number of methoxy groups -OCH3 is 1. The van der Waals surface area contributed by atoms with Gasteiger partial charge in [-0.15, -0.1) is 0 Å². The second-order valence-electron chi connectivity index (χ2n) is 6.02. The van der Waals surface area contributed by atoms with Gasteiger partial charge in [-0.05, 0) is 20.8 Å². The fourth-order valence-corrected chi connectivity index (χ4v) is 1.90. The number of carbonyl (C=O) groups excluding carboxylic acids is 4. The molecule has 1 N–H and O–H groups in total. The summed E-state index contributed by atoms with van der Waals surface area (Å²) in [6.45, 7) is 6.45. The molecule has 1 fully saturated rings. The van der Waals surface area contributed by atoms with E-state index in [0.29, 0.717) is 26.2 Å². The van der Waals surface area contributed by atoms with E-state index in [-0.39, 0.29) is 12.5 Å². The zero-order valence-electron chi connectivity index (χ0n) is 13.9. The van der Waals surface area contributed by atoms with Crippen LogP contribution in [0.4, 0.5) is 4.79 Å². The molecule has 0 aromatic heterocycles. The lowest BCUT2D eigenvalue weighted by Crippen LogP contribution is -2.53. The Balaban J connectivity index is 2.38.